The lowest BCUT2D eigenvalue weighted by Gasteiger charge is -2.08. The van der Waals surface area contributed by atoms with E-state index in [0.29, 0.717) is 6.61 Å². The lowest BCUT2D eigenvalue weighted by atomic mass is 10.2. The van der Waals surface area contributed by atoms with Gasteiger partial charge in [0.15, 0.2) is 0 Å². The third kappa shape index (κ3) is 2.15. The molecular weight excluding hydrogens is 234 g/mol. The maximum atomic E-state index is 9.47. The molecule has 4 heteroatoms. The van der Waals surface area contributed by atoms with Crippen LogP contribution in [0.4, 0.5) is 5.69 Å². The SMILES string of the molecule is ON1OCc2ccc(Sc3ccccc3)cc21. The van der Waals surface area contributed by atoms with Crippen molar-refractivity contribution >= 4 is 17.4 Å². The van der Waals surface area contributed by atoms with E-state index in [4.69, 9.17) is 4.84 Å². The van der Waals surface area contributed by atoms with Crippen LogP contribution in [0.3, 0.4) is 0 Å². The van der Waals surface area contributed by atoms with E-state index in [1.54, 1.807) is 11.8 Å². The average Bonchev–Trinajstić information content (AvgIpc) is 2.73. The Morgan fingerprint density at radius 1 is 1.06 bits per heavy atom. The van der Waals surface area contributed by atoms with Gasteiger partial charge in [-0.15, -0.1) is 5.23 Å². The van der Waals surface area contributed by atoms with Gasteiger partial charge in [-0.1, -0.05) is 36.0 Å². The van der Waals surface area contributed by atoms with Crippen molar-refractivity contribution in [1.29, 1.82) is 0 Å². The van der Waals surface area contributed by atoms with Gasteiger partial charge in [-0.2, -0.15) is 0 Å². The minimum Gasteiger partial charge on any atom is -0.264 e. The molecule has 1 heterocycles. The van der Waals surface area contributed by atoms with Gasteiger partial charge in [0.1, 0.15) is 12.3 Å². The largest absolute Gasteiger partial charge is 0.264 e. The summed E-state index contributed by atoms with van der Waals surface area (Å²) in [6.07, 6.45) is 0. The molecule has 2 aromatic rings. The fraction of sp³-hybridized carbons (Fsp3) is 0.0769. The molecule has 0 radical (unpaired) electrons. The Morgan fingerprint density at radius 3 is 2.71 bits per heavy atom. The van der Waals surface area contributed by atoms with Gasteiger partial charge in [0, 0.05) is 15.4 Å². The molecule has 0 spiro atoms. The van der Waals surface area contributed by atoms with Crippen LogP contribution in [0.1, 0.15) is 5.56 Å². The predicted molar refractivity (Wildman–Crippen MR) is 66.1 cm³/mol. The topological polar surface area (TPSA) is 32.7 Å². The quantitative estimate of drug-likeness (QED) is 0.878. The zero-order valence-corrected chi connectivity index (χ0v) is 9.85. The predicted octanol–water partition coefficient (Wildman–Crippen LogP) is 3.48. The molecule has 0 unspecified atom stereocenters. The molecule has 1 aliphatic rings. The van der Waals surface area contributed by atoms with E-state index in [0.717, 1.165) is 21.4 Å². The molecule has 0 atom stereocenters. The summed E-state index contributed by atoms with van der Waals surface area (Å²) in [5, 5.41) is 10.3. The van der Waals surface area contributed by atoms with Crippen LogP contribution in [0.25, 0.3) is 0 Å². The molecule has 17 heavy (non-hydrogen) atoms. The number of hydrogen-bond acceptors (Lipinski definition) is 4. The highest BCUT2D eigenvalue weighted by Gasteiger charge is 2.18. The Balaban J connectivity index is 1.88. The third-order valence-electron chi connectivity index (χ3n) is 2.58. The fourth-order valence-corrected chi connectivity index (χ4v) is 2.60. The number of nitrogens with zero attached hydrogens (tertiary/aromatic N) is 1. The summed E-state index contributed by atoms with van der Waals surface area (Å²) in [6.45, 7) is 0.433. The van der Waals surface area contributed by atoms with Gasteiger partial charge in [0.25, 0.3) is 0 Å². The second kappa shape index (κ2) is 4.41. The van der Waals surface area contributed by atoms with E-state index < -0.39 is 0 Å². The molecule has 0 saturated heterocycles. The molecule has 1 N–H and O–H groups in total. The second-order valence-corrected chi connectivity index (χ2v) is 4.90. The molecule has 3 nitrogen and oxygen atoms in total. The monoisotopic (exact) mass is 245 g/mol. The second-order valence-electron chi connectivity index (χ2n) is 3.75. The van der Waals surface area contributed by atoms with Crippen molar-refractivity contribution in [1.82, 2.24) is 0 Å². The van der Waals surface area contributed by atoms with Crippen LogP contribution in [0.15, 0.2) is 58.3 Å². The molecule has 0 fully saturated rings. The highest BCUT2D eigenvalue weighted by atomic mass is 32.2. The number of rotatable bonds is 2. The fourth-order valence-electron chi connectivity index (χ4n) is 1.73. The highest BCUT2D eigenvalue weighted by Crippen LogP contribution is 2.34. The smallest absolute Gasteiger partial charge is 0.105 e. The molecular formula is C13H11NO2S. The summed E-state index contributed by atoms with van der Waals surface area (Å²) >= 11 is 1.66. The average molecular weight is 245 g/mol. The highest BCUT2D eigenvalue weighted by molar-refractivity contribution is 7.99. The third-order valence-corrected chi connectivity index (χ3v) is 3.58. The van der Waals surface area contributed by atoms with Crippen molar-refractivity contribution in [3.8, 4) is 0 Å². The molecule has 86 valence electrons. The zero-order valence-electron chi connectivity index (χ0n) is 9.04. The summed E-state index contributed by atoms with van der Waals surface area (Å²) in [5.41, 5.74) is 1.73. The molecule has 1 aliphatic heterocycles. The van der Waals surface area contributed by atoms with Crippen LogP contribution in [0.2, 0.25) is 0 Å². The van der Waals surface area contributed by atoms with E-state index in [1.807, 2.05) is 36.4 Å². The maximum absolute atomic E-state index is 9.47. The van der Waals surface area contributed by atoms with E-state index in [2.05, 4.69) is 12.1 Å². The van der Waals surface area contributed by atoms with Crippen molar-refractivity contribution in [3.05, 3.63) is 54.1 Å². The van der Waals surface area contributed by atoms with Crippen LogP contribution >= 0.6 is 11.8 Å². The van der Waals surface area contributed by atoms with Gasteiger partial charge in [0.2, 0.25) is 0 Å². The summed E-state index contributed by atoms with van der Waals surface area (Å²) in [7, 11) is 0. The molecule has 0 bridgehead atoms. The van der Waals surface area contributed by atoms with E-state index in [1.165, 1.54) is 4.90 Å². The molecule has 3 rings (SSSR count). The van der Waals surface area contributed by atoms with Crippen LogP contribution in [-0.2, 0) is 11.4 Å². The lowest BCUT2D eigenvalue weighted by Crippen LogP contribution is -2.10. The standard InChI is InChI=1S/C13H11NO2S/c15-14-13-8-12(7-6-10(13)9-16-14)17-11-4-2-1-3-5-11/h1-8,15H,9H2. The first-order chi connectivity index (χ1) is 8.33. The molecule has 0 aromatic heterocycles. The van der Waals surface area contributed by atoms with Crippen molar-refractivity contribution in [2.24, 2.45) is 0 Å². The normalized spacial score (nSPS) is 13.8. The summed E-state index contributed by atoms with van der Waals surface area (Å²) in [4.78, 5) is 7.27. The number of anilines is 1. The Morgan fingerprint density at radius 2 is 1.88 bits per heavy atom. The molecule has 0 amide bonds. The van der Waals surface area contributed by atoms with Gasteiger partial charge in [0.05, 0.1) is 0 Å². The zero-order chi connectivity index (χ0) is 11.7. The maximum Gasteiger partial charge on any atom is 0.105 e. The Labute approximate surface area is 104 Å². The van der Waals surface area contributed by atoms with Crippen molar-refractivity contribution in [3.63, 3.8) is 0 Å². The van der Waals surface area contributed by atoms with Gasteiger partial charge in [-0.25, -0.2) is 4.84 Å². The lowest BCUT2D eigenvalue weighted by molar-refractivity contribution is -0.0329. The van der Waals surface area contributed by atoms with Crippen molar-refractivity contribution in [2.75, 3.05) is 5.23 Å². The summed E-state index contributed by atoms with van der Waals surface area (Å²) in [6, 6.07) is 16.1. The van der Waals surface area contributed by atoms with Gasteiger partial charge >= 0.3 is 0 Å². The molecule has 2 aromatic carbocycles. The van der Waals surface area contributed by atoms with Gasteiger partial charge in [-0.05, 0) is 24.3 Å². The van der Waals surface area contributed by atoms with Crippen LogP contribution in [0.5, 0.6) is 0 Å². The van der Waals surface area contributed by atoms with Crippen LogP contribution < -0.4 is 5.23 Å². The Kier molecular flexibility index (Phi) is 2.76. The minimum atomic E-state index is 0.433. The number of hydrogen-bond donors (Lipinski definition) is 1. The Bertz CT molecular complexity index is 530. The van der Waals surface area contributed by atoms with Crippen molar-refractivity contribution in [2.45, 2.75) is 16.4 Å². The minimum absolute atomic E-state index is 0.433. The van der Waals surface area contributed by atoms with Gasteiger partial charge < -0.3 is 0 Å². The van der Waals surface area contributed by atoms with Crippen LogP contribution in [-0.4, -0.2) is 5.21 Å². The number of benzene rings is 2. The summed E-state index contributed by atoms with van der Waals surface area (Å²) < 4.78 is 0. The molecule has 0 aliphatic carbocycles. The first-order valence-electron chi connectivity index (χ1n) is 5.31. The van der Waals surface area contributed by atoms with E-state index in [9.17, 15) is 5.21 Å². The van der Waals surface area contributed by atoms with Crippen LogP contribution in [0, 0.1) is 0 Å². The van der Waals surface area contributed by atoms with Crippen molar-refractivity contribution < 1.29 is 10.0 Å². The Hall–Kier alpha value is -1.49. The van der Waals surface area contributed by atoms with Gasteiger partial charge in [-0.3, -0.25) is 5.21 Å². The first kappa shape index (κ1) is 10.7. The van der Waals surface area contributed by atoms with E-state index >= 15 is 0 Å². The number of fused-ring (bicyclic) bond motifs is 1. The first-order valence-corrected chi connectivity index (χ1v) is 6.12. The summed E-state index contributed by atoms with van der Waals surface area (Å²) in [5.74, 6) is 0. The van der Waals surface area contributed by atoms with E-state index in [-0.39, 0.29) is 0 Å². The molecule has 0 saturated carbocycles.